The maximum Gasteiger partial charge on any atom is 0.273 e. The van der Waals surface area contributed by atoms with Gasteiger partial charge in [-0.3, -0.25) is 4.79 Å². The minimum Gasteiger partial charge on any atom is -0.375 e. The van der Waals surface area contributed by atoms with Crippen molar-refractivity contribution < 1.29 is 14.1 Å². The molecular weight excluding hydrogens is 302 g/mol. The summed E-state index contributed by atoms with van der Waals surface area (Å²) in [6.07, 6.45) is 3.24. The Bertz CT molecular complexity index is 664. The van der Waals surface area contributed by atoms with Gasteiger partial charge in [-0.2, -0.15) is 0 Å². The molecule has 1 aliphatic heterocycles. The van der Waals surface area contributed by atoms with Gasteiger partial charge in [0.2, 0.25) is 0 Å². The Labute approximate surface area is 132 Å². The highest BCUT2D eigenvalue weighted by atomic mass is 32.1. The van der Waals surface area contributed by atoms with Crippen LogP contribution in [0, 0.1) is 5.92 Å². The molecule has 7 heteroatoms. The van der Waals surface area contributed by atoms with Crippen LogP contribution >= 0.6 is 11.3 Å². The molecule has 0 spiro atoms. The third kappa shape index (κ3) is 2.78. The largest absolute Gasteiger partial charge is 0.375 e. The fourth-order valence-electron chi connectivity index (χ4n) is 2.64. The van der Waals surface area contributed by atoms with E-state index in [4.69, 9.17) is 9.26 Å². The number of hydrogen-bond donors (Lipinski definition) is 0. The van der Waals surface area contributed by atoms with Crippen LogP contribution < -0.4 is 0 Å². The van der Waals surface area contributed by atoms with Gasteiger partial charge in [0.05, 0.1) is 18.7 Å². The fourth-order valence-corrected chi connectivity index (χ4v) is 3.16. The van der Waals surface area contributed by atoms with Gasteiger partial charge < -0.3 is 14.2 Å². The van der Waals surface area contributed by atoms with Gasteiger partial charge in [0.1, 0.15) is 17.1 Å². The molecule has 116 valence electrons. The van der Waals surface area contributed by atoms with Crippen molar-refractivity contribution in [2.45, 2.75) is 32.4 Å². The van der Waals surface area contributed by atoms with E-state index in [1.54, 1.807) is 15.8 Å². The predicted octanol–water partition coefficient (Wildman–Crippen LogP) is 2.26. The molecule has 2 aromatic rings. The van der Waals surface area contributed by atoms with Crippen LogP contribution in [0.5, 0.6) is 0 Å². The van der Waals surface area contributed by atoms with E-state index in [0.717, 1.165) is 29.5 Å². The Morgan fingerprint density at radius 3 is 3.18 bits per heavy atom. The highest BCUT2D eigenvalue weighted by Gasteiger charge is 2.28. The van der Waals surface area contributed by atoms with Crippen molar-refractivity contribution in [1.29, 1.82) is 0 Å². The maximum absolute atomic E-state index is 12.4. The second-order valence-electron chi connectivity index (χ2n) is 5.84. The molecule has 2 aromatic heterocycles. The molecular formula is C15H17N3O3S. The van der Waals surface area contributed by atoms with E-state index < -0.39 is 0 Å². The average molecular weight is 319 g/mol. The lowest BCUT2D eigenvalue weighted by Gasteiger charge is -2.25. The summed E-state index contributed by atoms with van der Waals surface area (Å²) in [6, 6.07) is 0. The standard InChI is InChI=1S/C15H17N3O3S/c19-15(13-8-22-9-16-13)18-4-3-14-11(5-18)12(17-21-14)7-20-6-10-1-2-10/h8-10H,1-7H2. The molecule has 1 aliphatic carbocycles. The van der Waals surface area contributed by atoms with Crippen molar-refractivity contribution in [2.75, 3.05) is 13.2 Å². The Hall–Kier alpha value is -1.73. The van der Waals surface area contributed by atoms with Crippen LogP contribution in [-0.2, 0) is 24.3 Å². The van der Waals surface area contributed by atoms with Gasteiger partial charge in [-0.05, 0) is 18.8 Å². The van der Waals surface area contributed by atoms with Gasteiger partial charge in [-0.25, -0.2) is 4.98 Å². The van der Waals surface area contributed by atoms with Crippen LogP contribution in [0.15, 0.2) is 15.4 Å². The number of fused-ring (bicyclic) bond motifs is 1. The SMILES string of the molecule is O=C(c1cscn1)N1CCc2onc(COCC3CC3)c2C1. The number of carbonyl (C=O) groups excluding carboxylic acids is 1. The van der Waals surface area contributed by atoms with Gasteiger partial charge in [-0.1, -0.05) is 5.16 Å². The molecule has 0 atom stereocenters. The normalized spacial score (nSPS) is 17.5. The first-order chi connectivity index (χ1) is 10.8. The first-order valence-electron chi connectivity index (χ1n) is 7.53. The Morgan fingerprint density at radius 1 is 1.50 bits per heavy atom. The van der Waals surface area contributed by atoms with Crippen molar-refractivity contribution in [2.24, 2.45) is 5.92 Å². The molecule has 0 saturated heterocycles. The van der Waals surface area contributed by atoms with Crippen molar-refractivity contribution in [1.82, 2.24) is 15.0 Å². The van der Waals surface area contributed by atoms with Crippen LogP contribution in [0.3, 0.4) is 0 Å². The zero-order chi connectivity index (χ0) is 14.9. The van der Waals surface area contributed by atoms with Crippen LogP contribution in [0.1, 0.15) is 40.3 Å². The summed E-state index contributed by atoms with van der Waals surface area (Å²) in [5.41, 5.74) is 4.02. The number of amides is 1. The second-order valence-corrected chi connectivity index (χ2v) is 6.56. The number of rotatable bonds is 5. The highest BCUT2D eigenvalue weighted by Crippen LogP contribution is 2.30. The minimum absolute atomic E-state index is 0.0297. The summed E-state index contributed by atoms with van der Waals surface area (Å²) in [5.74, 6) is 1.58. The summed E-state index contributed by atoms with van der Waals surface area (Å²) < 4.78 is 11.1. The first-order valence-corrected chi connectivity index (χ1v) is 8.47. The van der Waals surface area contributed by atoms with E-state index in [1.165, 1.54) is 24.2 Å². The Kier molecular flexibility index (Phi) is 3.67. The number of ether oxygens (including phenoxy) is 1. The van der Waals surface area contributed by atoms with E-state index in [0.29, 0.717) is 31.8 Å². The smallest absolute Gasteiger partial charge is 0.273 e. The van der Waals surface area contributed by atoms with Gasteiger partial charge in [0.25, 0.3) is 5.91 Å². The number of nitrogens with zero attached hydrogens (tertiary/aromatic N) is 3. The number of aromatic nitrogens is 2. The minimum atomic E-state index is -0.0297. The molecule has 0 bridgehead atoms. The van der Waals surface area contributed by atoms with E-state index in [2.05, 4.69) is 10.1 Å². The van der Waals surface area contributed by atoms with Crippen molar-refractivity contribution in [3.63, 3.8) is 0 Å². The Balaban J connectivity index is 1.44. The number of carbonyl (C=O) groups is 1. The molecule has 0 radical (unpaired) electrons. The average Bonchev–Trinajstić information content (AvgIpc) is 3.05. The lowest BCUT2D eigenvalue weighted by atomic mass is 10.1. The van der Waals surface area contributed by atoms with Gasteiger partial charge in [0.15, 0.2) is 0 Å². The molecule has 0 aromatic carbocycles. The van der Waals surface area contributed by atoms with Gasteiger partial charge in [0, 0.05) is 30.5 Å². The fraction of sp³-hybridized carbons (Fsp3) is 0.533. The molecule has 1 amide bonds. The van der Waals surface area contributed by atoms with Crippen molar-refractivity contribution >= 4 is 17.2 Å². The maximum atomic E-state index is 12.4. The van der Waals surface area contributed by atoms with E-state index in [-0.39, 0.29) is 5.91 Å². The summed E-state index contributed by atoms with van der Waals surface area (Å²) in [4.78, 5) is 18.3. The van der Waals surface area contributed by atoms with E-state index in [1.807, 2.05) is 0 Å². The summed E-state index contributed by atoms with van der Waals surface area (Å²) in [6.45, 7) is 2.43. The molecule has 6 nitrogen and oxygen atoms in total. The zero-order valence-electron chi connectivity index (χ0n) is 12.2. The molecule has 1 saturated carbocycles. The lowest BCUT2D eigenvalue weighted by molar-refractivity contribution is 0.0720. The van der Waals surface area contributed by atoms with Gasteiger partial charge in [-0.15, -0.1) is 11.3 Å². The molecule has 0 N–H and O–H groups in total. The highest BCUT2D eigenvalue weighted by molar-refractivity contribution is 7.07. The summed E-state index contributed by atoms with van der Waals surface area (Å²) in [7, 11) is 0. The Morgan fingerprint density at radius 2 is 2.41 bits per heavy atom. The van der Waals surface area contributed by atoms with Crippen molar-refractivity contribution in [3.8, 4) is 0 Å². The third-order valence-corrected chi connectivity index (χ3v) is 4.72. The van der Waals surface area contributed by atoms with Crippen LogP contribution in [0.2, 0.25) is 0 Å². The summed E-state index contributed by atoms with van der Waals surface area (Å²) >= 11 is 1.43. The van der Waals surface area contributed by atoms with Crippen LogP contribution in [0.25, 0.3) is 0 Å². The summed E-state index contributed by atoms with van der Waals surface area (Å²) in [5, 5.41) is 5.90. The number of hydrogen-bond acceptors (Lipinski definition) is 6. The van der Waals surface area contributed by atoms with Crippen LogP contribution in [0.4, 0.5) is 0 Å². The van der Waals surface area contributed by atoms with Crippen molar-refractivity contribution in [3.05, 3.63) is 33.6 Å². The van der Waals surface area contributed by atoms with Crippen LogP contribution in [-0.4, -0.2) is 34.1 Å². The monoisotopic (exact) mass is 319 g/mol. The predicted molar refractivity (Wildman–Crippen MR) is 79.4 cm³/mol. The van der Waals surface area contributed by atoms with E-state index >= 15 is 0 Å². The topological polar surface area (TPSA) is 68.5 Å². The third-order valence-electron chi connectivity index (χ3n) is 4.14. The molecule has 3 heterocycles. The molecule has 2 aliphatic rings. The lowest BCUT2D eigenvalue weighted by Crippen LogP contribution is -2.36. The zero-order valence-corrected chi connectivity index (χ0v) is 13.0. The second kappa shape index (κ2) is 5.81. The molecule has 4 rings (SSSR count). The van der Waals surface area contributed by atoms with Gasteiger partial charge >= 0.3 is 0 Å². The first kappa shape index (κ1) is 13.9. The molecule has 22 heavy (non-hydrogen) atoms. The molecule has 0 unspecified atom stereocenters. The quantitative estimate of drug-likeness (QED) is 0.845. The molecule has 1 fully saturated rings. The van der Waals surface area contributed by atoms with E-state index in [9.17, 15) is 4.79 Å². The number of thiazole rings is 1.